The normalized spacial score (nSPS) is 24.7. The molecule has 0 radical (unpaired) electrons. The maximum Gasteiger partial charge on any atom is 0.167 e. The molecule has 0 aliphatic heterocycles. The number of fused-ring (bicyclic) bond motifs is 4. The monoisotopic (exact) mass is 616 g/mol. The summed E-state index contributed by atoms with van der Waals surface area (Å²) < 4.78 is 145. The molecule has 0 N–H and O–H groups in total. The van der Waals surface area contributed by atoms with Gasteiger partial charge in [-0.3, -0.25) is 4.98 Å². The summed E-state index contributed by atoms with van der Waals surface area (Å²) in [6, 6.07) is 27.2. The van der Waals surface area contributed by atoms with Crippen LogP contribution in [0.2, 0.25) is 0 Å². The van der Waals surface area contributed by atoms with Crippen LogP contribution in [0.25, 0.3) is 67.4 Å². The van der Waals surface area contributed by atoms with Gasteiger partial charge in [0.05, 0.1) is 11.3 Å². The highest BCUT2D eigenvalue weighted by Crippen LogP contribution is 2.58. The number of hydrogen-bond donors (Lipinski definition) is 0. The van der Waals surface area contributed by atoms with Crippen LogP contribution in [0.5, 0.6) is 0 Å². The van der Waals surface area contributed by atoms with Crippen molar-refractivity contribution in [1.29, 1.82) is 0 Å². The first-order chi connectivity index (χ1) is 28.7. The summed E-state index contributed by atoms with van der Waals surface area (Å²) in [5.74, 6) is -2.97. The summed E-state index contributed by atoms with van der Waals surface area (Å²) in [6.07, 6.45) is 1.44. The van der Waals surface area contributed by atoms with E-state index in [-0.39, 0.29) is 17.1 Å². The molecule has 1 aliphatic rings. The van der Waals surface area contributed by atoms with Crippen molar-refractivity contribution in [2.24, 2.45) is 5.41 Å². The molecule has 3 aromatic heterocycles. The fraction of sp³-hybridized carbons (Fsp3) is 0.220. The third-order valence-electron chi connectivity index (χ3n) is 8.59. The maximum absolute atomic E-state index is 9.63. The highest BCUT2D eigenvalue weighted by atomic mass is 16.3. The molecule has 1 aliphatic carbocycles. The zero-order valence-corrected chi connectivity index (χ0v) is 24.5. The molecule has 46 heavy (non-hydrogen) atoms. The van der Waals surface area contributed by atoms with Crippen LogP contribution in [-0.4, -0.2) is 19.9 Å². The zero-order valence-electron chi connectivity index (χ0n) is 40.5. The Kier molecular flexibility index (Phi) is 3.52. The Labute approximate surface area is 291 Å². The van der Waals surface area contributed by atoms with Crippen LogP contribution in [-0.2, 0) is 5.41 Å². The lowest BCUT2D eigenvalue weighted by Gasteiger charge is -2.38. The third-order valence-corrected chi connectivity index (χ3v) is 8.59. The molecule has 8 rings (SSSR count). The van der Waals surface area contributed by atoms with E-state index in [2.05, 4.69) is 4.98 Å². The number of aromatic nitrogens is 4. The SMILES string of the molecule is [2H]C([2H])([2H])C1([2H])c2cc(-c3cc(C)c(-c4nc(-c5ccccc5)nc(-c5cccc6c5oc5ccccc56)n4)cn3)ccc2C(C([2H])([2H])[2H])(C([2H])([2H])[2H])C1(C([2H])([2H])[2H])C([2H])([2H])[2H]. The van der Waals surface area contributed by atoms with E-state index < -0.39 is 62.1 Å². The minimum atomic E-state index is -4.21. The molecule has 0 saturated carbocycles. The van der Waals surface area contributed by atoms with Crippen molar-refractivity contribution < 1.29 is 26.3 Å². The van der Waals surface area contributed by atoms with Crippen molar-refractivity contribution in [3.05, 3.63) is 120 Å². The Bertz CT molecular complexity index is 2870. The number of hydrogen-bond acceptors (Lipinski definition) is 5. The minimum Gasteiger partial charge on any atom is -0.455 e. The molecule has 5 heteroatoms. The maximum atomic E-state index is 9.63. The van der Waals surface area contributed by atoms with Crippen molar-refractivity contribution in [2.75, 3.05) is 0 Å². The molecule has 7 aromatic rings. The van der Waals surface area contributed by atoms with Gasteiger partial charge >= 0.3 is 0 Å². The summed E-state index contributed by atoms with van der Waals surface area (Å²) in [5.41, 5.74) is -6.24. The molecule has 0 spiro atoms. The molecule has 3 heterocycles. The third kappa shape index (κ3) is 4.22. The van der Waals surface area contributed by atoms with Gasteiger partial charge in [-0.2, -0.15) is 0 Å². The smallest absolute Gasteiger partial charge is 0.167 e. The average Bonchev–Trinajstić information content (AvgIpc) is 3.68. The second kappa shape index (κ2) is 10.2. The van der Waals surface area contributed by atoms with Crippen LogP contribution in [0.4, 0.5) is 0 Å². The van der Waals surface area contributed by atoms with Crippen LogP contribution < -0.4 is 0 Å². The Hall–Kier alpha value is -5.16. The number of rotatable bonds is 4. The molecule has 226 valence electrons. The van der Waals surface area contributed by atoms with Gasteiger partial charge in [0.1, 0.15) is 11.2 Å². The Morgan fingerprint density at radius 1 is 0.717 bits per heavy atom. The number of aryl methyl sites for hydroxylation is 1. The van der Waals surface area contributed by atoms with Crippen molar-refractivity contribution in [3.63, 3.8) is 0 Å². The lowest BCUT2D eigenvalue weighted by atomic mass is 9.65. The van der Waals surface area contributed by atoms with Gasteiger partial charge in [-0.05, 0) is 64.6 Å². The van der Waals surface area contributed by atoms with Crippen molar-refractivity contribution >= 4 is 21.9 Å². The Balaban J connectivity index is 1.34. The van der Waals surface area contributed by atoms with E-state index in [9.17, 15) is 1.37 Å². The van der Waals surface area contributed by atoms with E-state index in [4.69, 9.17) is 39.9 Å². The zero-order chi connectivity index (χ0) is 45.2. The standard InChI is InChI=1S/C41H36N4O/c1-24-21-34(27-19-20-33-31(22-27)25(2)40(3,4)41(33,5)6)42-23-32(24)39-44-37(26-13-8-7-9-14-26)43-38(45-39)30-17-12-16-29-28-15-10-11-18-35(28)46-36(29)30/h7-23,25H,1-6H3/i2D3,3D3,4D3,5D3,6D3,25D. The predicted octanol–water partition coefficient (Wildman–Crippen LogP) is 10.6. The second-order valence-corrected chi connectivity index (χ2v) is 11.5. The van der Waals surface area contributed by atoms with Crippen LogP contribution in [0.15, 0.2) is 108 Å². The van der Waals surface area contributed by atoms with Gasteiger partial charge in [0, 0.05) is 55.6 Å². The molecular weight excluding hydrogens is 564 g/mol. The Morgan fingerprint density at radius 2 is 1.48 bits per heavy atom. The predicted molar refractivity (Wildman–Crippen MR) is 187 cm³/mol. The first-order valence-corrected chi connectivity index (χ1v) is 14.6. The molecule has 1 atom stereocenters. The summed E-state index contributed by atoms with van der Waals surface area (Å²) in [4.78, 5) is 19.1. The molecule has 0 amide bonds. The fourth-order valence-electron chi connectivity index (χ4n) is 6.03. The van der Waals surface area contributed by atoms with Gasteiger partial charge in [0.25, 0.3) is 0 Å². The van der Waals surface area contributed by atoms with Crippen LogP contribution in [0.1, 0.15) is 78.8 Å². The van der Waals surface area contributed by atoms with Gasteiger partial charge < -0.3 is 4.42 Å². The topological polar surface area (TPSA) is 64.7 Å². The average molecular weight is 617 g/mol. The molecule has 5 nitrogen and oxygen atoms in total. The van der Waals surface area contributed by atoms with E-state index in [1.807, 2.05) is 72.8 Å². The number of pyridine rings is 1. The van der Waals surface area contributed by atoms with E-state index in [0.29, 0.717) is 45.1 Å². The summed E-state index contributed by atoms with van der Waals surface area (Å²) in [7, 11) is 0. The van der Waals surface area contributed by atoms with Crippen molar-refractivity contribution in [3.8, 4) is 45.4 Å². The molecule has 0 bridgehead atoms. The van der Waals surface area contributed by atoms with E-state index >= 15 is 0 Å². The second-order valence-electron chi connectivity index (χ2n) is 11.5. The van der Waals surface area contributed by atoms with E-state index in [1.165, 1.54) is 12.3 Å². The van der Waals surface area contributed by atoms with Crippen LogP contribution >= 0.6 is 0 Å². The first-order valence-electron chi connectivity index (χ1n) is 22.6. The van der Waals surface area contributed by atoms with Gasteiger partial charge in [0.15, 0.2) is 17.5 Å². The Morgan fingerprint density at radius 3 is 2.26 bits per heavy atom. The van der Waals surface area contributed by atoms with Gasteiger partial charge in [-0.1, -0.05) is 107 Å². The van der Waals surface area contributed by atoms with Crippen molar-refractivity contribution in [1.82, 2.24) is 19.9 Å². The van der Waals surface area contributed by atoms with E-state index in [0.717, 1.165) is 22.9 Å². The largest absolute Gasteiger partial charge is 0.455 e. The summed E-state index contributed by atoms with van der Waals surface area (Å²) in [5, 5.41) is 1.77. The quantitative estimate of drug-likeness (QED) is 0.197. The number of para-hydroxylation sites is 2. The van der Waals surface area contributed by atoms with Crippen molar-refractivity contribution in [2.45, 2.75) is 52.5 Å². The first kappa shape index (κ1) is 15.9. The van der Waals surface area contributed by atoms with Gasteiger partial charge in [0.2, 0.25) is 0 Å². The highest BCUT2D eigenvalue weighted by Gasteiger charge is 2.50. The number of nitrogens with zero attached hydrogens (tertiary/aromatic N) is 4. The minimum absolute atomic E-state index is 0.0222. The van der Waals surface area contributed by atoms with Gasteiger partial charge in [-0.15, -0.1) is 0 Å². The highest BCUT2D eigenvalue weighted by molar-refractivity contribution is 6.09. The molecule has 4 aromatic carbocycles. The molecule has 0 fully saturated rings. The molecule has 0 saturated heterocycles. The summed E-state index contributed by atoms with van der Waals surface area (Å²) >= 11 is 0. The van der Waals surface area contributed by atoms with E-state index in [1.54, 1.807) is 13.0 Å². The van der Waals surface area contributed by atoms with Gasteiger partial charge in [-0.25, -0.2) is 15.0 Å². The molecular formula is C41H36N4O. The van der Waals surface area contributed by atoms with Crippen LogP contribution in [0.3, 0.4) is 0 Å². The lowest BCUT2D eigenvalue weighted by molar-refractivity contribution is 0.190. The number of furan rings is 1. The summed E-state index contributed by atoms with van der Waals surface area (Å²) in [6.45, 7) is -18.5. The fourth-order valence-corrected chi connectivity index (χ4v) is 6.03. The lowest BCUT2D eigenvalue weighted by Crippen LogP contribution is -2.33. The van der Waals surface area contributed by atoms with Crippen LogP contribution in [0, 0.1) is 12.3 Å². The molecule has 1 unspecified atom stereocenters. The number of benzene rings is 4.